The molecular weight excluding hydrogens is 799 g/mol. The average molecular weight is 856 g/mol. The van der Waals surface area contributed by atoms with E-state index in [1.54, 1.807) is 18.3 Å². The summed E-state index contributed by atoms with van der Waals surface area (Å²) in [6, 6.07) is 27.1. The van der Waals surface area contributed by atoms with Crippen LogP contribution in [0.2, 0.25) is 10.9 Å². The van der Waals surface area contributed by atoms with Crippen LogP contribution in [0.5, 0.6) is 0 Å². The number of halogens is 2. The number of aryl methyl sites for hydroxylation is 1. The molecule has 0 aliphatic carbocycles. The monoisotopic (exact) mass is 855 g/mol. The van der Waals surface area contributed by atoms with Crippen molar-refractivity contribution in [1.82, 2.24) is 19.5 Å². The standard InChI is InChI=1S/C49H56BF2N5O4Si/c1-31(2)41-43(32(3)23-26-53-41)57-45-37(44(55-46(57)58)56-27-24-34(25-28-56)50-60-48(6,7)49(8,9)61-50)29-39(52)42(54-45)40-33(17-16-22-38(40)51)30-47(4,5)62(59,35-18-12-10-13-19-35)36-20-14-11-15-21-36/h10-23,26,29,31,34,59H,24-25,27-28,30H2,1-9H3. The summed E-state index contributed by atoms with van der Waals surface area (Å²) in [4.78, 5) is 44.0. The highest BCUT2D eigenvalue weighted by atomic mass is 28.4. The van der Waals surface area contributed by atoms with Gasteiger partial charge in [-0.25, -0.2) is 23.1 Å². The lowest BCUT2D eigenvalue weighted by Gasteiger charge is -2.41. The normalized spacial score (nSPS) is 17.0. The van der Waals surface area contributed by atoms with Gasteiger partial charge < -0.3 is 19.0 Å². The molecule has 0 atom stereocenters. The van der Waals surface area contributed by atoms with Gasteiger partial charge in [0, 0.05) is 24.8 Å². The number of rotatable bonds is 10. The van der Waals surface area contributed by atoms with Gasteiger partial charge in [-0.05, 0) is 110 Å². The second-order valence-corrected chi connectivity index (χ2v) is 22.9. The number of hydrogen-bond acceptors (Lipinski definition) is 8. The second kappa shape index (κ2) is 16.2. The Balaban J connectivity index is 1.27. The van der Waals surface area contributed by atoms with E-state index in [2.05, 4.69) is 9.97 Å². The Hall–Kier alpha value is -5.08. The van der Waals surface area contributed by atoms with Crippen LogP contribution in [0.3, 0.4) is 0 Å². The maximum Gasteiger partial charge on any atom is 0.461 e. The number of piperidine rings is 1. The predicted molar refractivity (Wildman–Crippen MR) is 246 cm³/mol. The quantitative estimate of drug-likeness (QED) is 0.137. The third kappa shape index (κ3) is 7.50. The van der Waals surface area contributed by atoms with Crippen molar-refractivity contribution in [2.75, 3.05) is 18.0 Å². The molecule has 2 aliphatic rings. The van der Waals surface area contributed by atoms with E-state index in [9.17, 15) is 9.59 Å². The molecule has 1 N–H and O–H groups in total. The third-order valence-electron chi connectivity index (χ3n) is 13.6. The summed E-state index contributed by atoms with van der Waals surface area (Å²) in [7, 11) is -3.94. The van der Waals surface area contributed by atoms with E-state index < -0.39 is 41.9 Å². The number of pyridine rings is 2. The maximum atomic E-state index is 17.2. The maximum absolute atomic E-state index is 17.2. The minimum atomic E-state index is -3.57. The summed E-state index contributed by atoms with van der Waals surface area (Å²) < 4.78 is 48.0. The summed E-state index contributed by atoms with van der Waals surface area (Å²) in [5, 5.41) is 1.10. The molecule has 0 radical (unpaired) electrons. The molecule has 322 valence electrons. The molecule has 2 saturated heterocycles. The molecule has 0 amide bonds. The predicted octanol–water partition coefficient (Wildman–Crippen LogP) is 8.69. The molecule has 6 aromatic rings. The van der Waals surface area contributed by atoms with Crippen LogP contribution in [0, 0.1) is 18.6 Å². The van der Waals surface area contributed by atoms with Crippen LogP contribution >= 0.6 is 0 Å². The van der Waals surface area contributed by atoms with Crippen LogP contribution in [0.15, 0.2) is 102 Å². The van der Waals surface area contributed by atoms with Gasteiger partial charge in [-0.2, -0.15) is 4.98 Å². The zero-order valence-corrected chi connectivity index (χ0v) is 38.2. The fourth-order valence-corrected chi connectivity index (χ4v) is 13.1. The Morgan fingerprint density at radius 3 is 2.05 bits per heavy atom. The molecule has 0 spiro atoms. The highest BCUT2D eigenvalue weighted by molar-refractivity contribution is 6.98. The Kier molecular flexibility index (Phi) is 11.4. The Labute approximate surface area is 364 Å². The molecule has 0 saturated carbocycles. The third-order valence-corrected chi connectivity index (χ3v) is 18.0. The van der Waals surface area contributed by atoms with Crippen molar-refractivity contribution < 1.29 is 22.9 Å². The first-order valence-electron chi connectivity index (χ1n) is 21.7. The fourth-order valence-electron chi connectivity index (χ4n) is 9.37. The highest BCUT2D eigenvalue weighted by Gasteiger charge is 2.54. The number of fused-ring (bicyclic) bond motifs is 1. The molecule has 5 heterocycles. The molecule has 0 unspecified atom stereocenters. The Bertz CT molecular complexity index is 2630. The van der Waals surface area contributed by atoms with E-state index in [0.717, 1.165) is 15.9 Å². The molecule has 8 rings (SSSR count). The van der Waals surface area contributed by atoms with Crippen LogP contribution < -0.4 is 21.0 Å². The van der Waals surface area contributed by atoms with Crippen molar-refractivity contribution in [3.63, 3.8) is 0 Å². The summed E-state index contributed by atoms with van der Waals surface area (Å²) >= 11 is 0. The smallest absolute Gasteiger partial charge is 0.424 e. The van der Waals surface area contributed by atoms with Gasteiger partial charge in [-0.3, -0.25) is 4.98 Å². The lowest BCUT2D eigenvalue weighted by atomic mass is 9.67. The molecule has 3 aromatic carbocycles. The van der Waals surface area contributed by atoms with Gasteiger partial charge in [-0.15, -0.1) is 0 Å². The zero-order valence-electron chi connectivity index (χ0n) is 37.2. The molecule has 2 aliphatic heterocycles. The molecule has 3 aromatic heterocycles. The van der Waals surface area contributed by atoms with Crippen molar-refractivity contribution in [2.24, 2.45) is 0 Å². The molecule has 62 heavy (non-hydrogen) atoms. The van der Waals surface area contributed by atoms with Crippen LogP contribution in [-0.2, 0) is 15.7 Å². The first kappa shape index (κ1) is 43.6. The van der Waals surface area contributed by atoms with Gasteiger partial charge in [0.25, 0.3) is 8.32 Å². The SMILES string of the molecule is Cc1ccnc(C(C)C)c1-n1c(=O)nc(N2CCC(B3OC(C)(C)C(C)(C)O3)CC2)c2cc(F)c(-c3c(F)cccc3CC(C)(C)[Si](O)(c3ccccc3)c3ccccc3)nc21. The van der Waals surface area contributed by atoms with E-state index in [1.165, 1.54) is 16.7 Å². The fraction of sp³-hybridized carbons (Fsp3) is 0.388. The summed E-state index contributed by atoms with van der Waals surface area (Å²) in [6.45, 7) is 19.1. The Morgan fingerprint density at radius 1 is 0.871 bits per heavy atom. The number of benzene rings is 3. The molecule has 13 heteroatoms. The van der Waals surface area contributed by atoms with E-state index >= 15 is 8.78 Å². The van der Waals surface area contributed by atoms with Gasteiger partial charge in [0.1, 0.15) is 23.1 Å². The van der Waals surface area contributed by atoms with Gasteiger partial charge in [0.15, 0.2) is 5.65 Å². The van der Waals surface area contributed by atoms with Crippen molar-refractivity contribution >= 4 is 42.7 Å². The van der Waals surface area contributed by atoms with Crippen molar-refractivity contribution in [1.29, 1.82) is 0 Å². The minimum Gasteiger partial charge on any atom is -0.424 e. The summed E-state index contributed by atoms with van der Waals surface area (Å²) in [5.41, 5.74) is 0.778. The van der Waals surface area contributed by atoms with Crippen LogP contribution in [0.4, 0.5) is 14.6 Å². The first-order valence-corrected chi connectivity index (χ1v) is 23.6. The zero-order chi connectivity index (χ0) is 44.4. The van der Waals surface area contributed by atoms with Crippen LogP contribution in [0.1, 0.15) is 91.0 Å². The van der Waals surface area contributed by atoms with E-state index in [0.29, 0.717) is 54.1 Å². The summed E-state index contributed by atoms with van der Waals surface area (Å²) in [6.07, 6.45) is 3.30. The molecule has 0 bridgehead atoms. The van der Waals surface area contributed by atoms with Crippen molar-refractivity contribution in [2.45, 2.75) is 110 Å². The van der Waals surface area contributed by atoms with Crippen LogP contribution in [0.25, 0.3) is 28.0 Å². The lowest BCUT2D eigenvalue weighted by Crippen LogP contribution is -2.65. The number of hydrogen-bond donors (Lipinski definition) is 1. The van der Waals surface area contributed by atoms with E-state index in [4.69, 9.17) is 14.3 Å². The Morgan fingerprint density at radius 2 is 1.47 bits per heavy atom. The number of nitrogens with zero attached hydrogens (tertiary/aromatic N) is 5. The van der Waals surface area contributed by atoms with Crippen LogP contribution in [-0.4, -0.2) is 64.0 Å². The van der Waals surface area contributed by atoms with Gasteiger partial charge in [0.05, 0.1) is 28.0 Å². The van der Waals surface area contributed by atoms with Crippen molar-refractivity contribution in [3.05, 3.63) is 136 Å². The molecule has 2 fully saturated rings. The van der Waals surface area contributed by atoms with Gasteiger partial charge in [0.2, 0.25) is 0 Å². The van der Waals surface area contributed by atoms with Crippen molar-refractivity contribution in [3.8, 4) is 16.9 Å². The summed E-state index contributed by atoms with van der Waals surface area (Å²) in [5.74, 6) is -1.08. The second-order valence-electron chi connectivity index (χ2n) is 19.0. The number of aromatic nitrogens is 4. The molecular formula is C49H56BF2N5O4Si. The molecule has 9 nitrogen and oxygen atoms in total. The van der Waals surface area contributed by atoms with Gasteiger partial charge >= 0.3 is 12.8 Å². The average Bonchev–Trinajstić information content (AvgIpc) is 3.46. The van der Waals surface area contributed by atoms with E-state index in [1.807, 2.05) is 134 Å². The largest absolute Gasteiger partial charge is 0.461 e. The van der Waals surface area contributed by atoms with E-state index in [-0.39, 0.29) is 42.2 Å². The van der Waals surface area contributed by atoms with Gasteiger partial charge in [-0.1, -0.05) is 100 Å². The minimum absolute atomic E-state index is 0.0231. The first-order chi connectivity index (χ1) is 29.3. The lowest BCUT2D eigenvalue weighted by molar-refractivity contribution is 0.00578. The number of anilines is 1. The highest BCUT2D eigenvalue weighted by Crippen LogP contribution is 2.45. The topological polar surface area (TPSA) is 103 Å².